The molecule has 0 heterocycles. The Morgan fingerprint density at radius 2 is 1.72 bits per heavy atom. The highest BCUT2D eigenvalue weighted by Crippen LogP contribution is 2.29. The maximum Gasteiger partial charge on any atom is 0.416 e. The van der Waals surface area contributed by atoms with E-state index >= 15 is 0 Å². The molecule has 5 heteroatoms. The predicted molar refractivity (Wildman–Crippen MR) is 67.7 cm³/mol. The molecule has 0 aliphatic rings. The molecule has 0 bridgehead atoms. The first kappa shape index (κ1) is 15.3. The highest BCUT2D eigenvalue weighted by molar-refractivity contribution is 6.18. The molecule has 0 amide bonds. The summed E-state index contributed by atoms with van der Waals surface area (Å²) in [6.07, 6.45) is -3.27. The maximum absolute atomic E-state index is 12.4. The molecule has 0 aliphatic heterocycles. The number of nitrogens with zero attached hydrogens (tertiary/aromatic N) is 1. The third kappa shape index (κ3) is 4.86. The first-order chi connectivity index (χ1) is 8.47. The second-order valence-corrected chi connectivity index (χ2v) is 4.54. The summed E-state index contributed by atoms with van der Waals surface area (Å²) >= 11 is 5.69. The number of halogens is 4. The van der Waals surface area contributed by atoms with Crippen molar-refractivity contribution in [3.63, 3.8) is 0 Å². The van der Waals surface area contributed by atoms with Crippen molar-refractivity contribution in [2.75, 3.05) is 19.0 Å². The molecule has 1 nitrogen and oxygen atoms in total. The predicted octanol–water partition coefficient (Wildman–Crippen LogP) is 4.16. The molecule has 18 heavy (non-hydrogen) atoms. The van der Waals surface area contributed by atoms with Gasteiger partial charge in [0.15, 0.2) is 0 Å². The quantitative estimate of drug-likeness (QED) is 0.707. The highest BCUT2D eigenvalue weighted by atomic mass is 35.5. The standard InChI is InChI=1S/C13H17ClF3N/c1-2-8-18(9-7-14)10-11-3-5-12(6-4-11)13(15,16)17/h3-6H,2,7-10H2,1H3. The number of alkyl halides is 4. The molecule has 102 valence electrons. The van der Waals surface area contributed by atoms with Gasteiger partial charge in [-0.2, -0.15) is 13.2 Å². The molecule has 0 saturated heterocycles. The van der Waals surface area contributed by atoms with E-state index in [9.17, 15) is 13.2 Å². The van der Waals surface area contributed by atoms with E-state index in [2.05, 4.69) is 11.8 Å². The van der Waals surface area contributed by atoms with E-state index in [0.29, 0.717) is 12.4 Å². The van der Waals surface area contributed by atoms with Crippen molar-refractivity contribution in [1.82, 2.24) is 4.90 Å². The lowest BCUT2D eigenvalue weighted by Gasteiger charge is -2.20. The summed E-state index contributed by atoms with van der Waals surface area (Å²) in [7, 11) is 0. The molecule has 1 rings (SSSR count). The van der Waals surface area contributed by atoms with E-state index in [1.54, 1.807) is 0 Å². The molecule has 0 atom stereocenters. The number of hydrogen-bond acceptors (Lipinski definition) is 1. The van der Waals surface area contributed by atoms with Crippen LogP contribution in [0.5, 0.6) is 0 Å². The Kier molecular flexibility index (Phi) is 5.96. The fraction of sp³-hybridized carbons (Fsp3) is 0.538. The Morgan fingerprint density at radius 3 is 2.17 bits per heavy atom. The first-order valence-corrected chi connectivity index (χ1v) is 6.45. The van der Waals surface area contributed by atoms with Crippen LogP contribution in [0.1, 0.15) is 24.5 Å². The first-order valence-electron chi connectivity index (χ1n) is 5.91. The Labute approximate surface area is 111 Å². The van der Waals surface area contributed by atoms with Gasteiger partial charge < -0.3 is 0 Å². The zero-order valence-corrected chi connectivity index (χ0v) is 11.1. The van der Waals surface area contributed by atoms with Gasteiger partial charge in [0, 0.05) is 19.0 Å². The van der Waals surface area contributed by atoms with E-state index in [-0.39, 0.29) is 0 Å². The molecule has 0 spiro atoms. The zero-order valence-electron chi connectivity index (χ0n) is 10.3. The molecule has 0 saturated carbocycles. The summed E-state index contributed by atoms with van der Waals surface area (Å²) in [4.78, 5) is 2.13. The third-order valence-corrected chi connectivity index (χ3v) is 2.80. The monoisotopic (exact) mass is 279 g/mol. The van der Waals surface area contributed by atoms with Gasteiger partial charge in [-0.3, -0.25) is 4.90 Å². The SMILES string of the molecule is CCCN(CCCl)Cc1ccc(C(F)(F)F)cc1. The fourth-order valence-corrected chi connectivity index (χ4v) is 2.00. The Balaban J connectivity index is 2.67. The molecule has 0 aliphatic carbocycles. The molecule has 1 aromatic carbocycles. The lowest BCUT2D eigenvalue weighted by atomic mass is 10.1. The van der Waals surface area contributed by atoms with E-state index in [1.807, 2.05) is 0 Å². The van der Waals surface area contributed by atoms with E-state index in [1.165, 1.54) is 12.1 Å². The number of rotatable bonds is 6. The van der Waals surface area contributed by atoms with Gasteiger partial charge in [-0.15, -0.1) is 11.6 Å². The topological polar surface area (TPSA) is 3.24 Å². The minimum atomic E-state index is -4.27. The molecule has 1 aromatic rings. The van der Waals surface area contributed by atoms with Crippen molar-refractivity contribution in [3.05, 3.63) is 35.4 Å². The zero-order chi connectivity index (χ0) is 13.6. The van der Waals surface area contributed by atoms with Gasteiger partial charge in [0.25, 0.3) is 0 Å². The second kappa shape index (κ2) is 7.00. The molecule has 0 unspecified atom stereocenters. The highest BCUT2D eigenvalue weighted by Gasteiger charge is 2.29. The van der Waals surface area contributed by atoms with Crippen molar-refractivity contribution in [1.29, 1.82) is 0 Å². The van der Waals surface area contributed by atoms with Crippen molar-refractivity contribution in [2.45, 2.75) is 26.1 Å². The summed E-state index contributed by atoms with van der Waals surface area (Å²) < 4.78 is 37.2. The minimum absolute atomic E-state index is 0.528. The molecule has 0 N–H and O–H groups in total. The molecular weight excluding hydrogens is 263 g/mol. The van der Waals surface area contributed by atoms with Crippen LogP contribution in [0.4, 0.5) is 13.2 Å². The van der Waals surface area contributed by atoms with Gasteiger partial charge in [0.05, 0.1) is 5.56 Å². The smallest absolute Gasteiger partial charge is 0.298 e. The van der Waals surface area contributed by atoms with Gasteiger partial charge in [-0.1, -0.05) is 19.1 Å². The minimum Gasteiger partial charge on any atom is -0.298 e. The Bertz CT molecular complexity index is 342. The van der Waals surface area contributed by atoms with Crippen LogP contribution >= 0.6 is 11.6 Å². The van der Waals surface area contributed by atoms with Crippen molar-refractivity contribution in [3.8, 4) is 0 Å². The van der Waals surface area contributed by atoms with Crippen LogP contribution < -0.4 is 0 Å². The molecule has 0 fully saturated rings. The van der Waals surface area contributed by atoms with E-state index in [0.717, 1.165) is 37.2 Å². The number of benzene rings is 1. The molecular formula is C13H17ClF3N. The van der Waals surface area contributed by atoms with Crippen molar-refractivity contribution < 1.29 is 13.2 Å². The van der Waals surface area contributed by atoms with Crippen molar-refractivity contribution >= 4 is 11.6 Å². The van der Waals surface area contributed by atoms with Gasteiger partial charge in [0.2, 0.25) is 0 Å². The summed E-state index contributed by atoms with van der Waals surface area (Å²) in [5.41, 5.74) is 0.271. The van der Waals surface area contributed by atoms with Crippen LogP contribution in [0.3, 0.4) is 0 Å². The van der Waals surface area contributed by atoms with E-state index in [4.69, 9.17) is 11.6 Å². The average molecular weight is 280 g/mol. The van der Waals surface area contributed by atoms with Crippen LogP contribution in [-0.2, 0) is 12.7 Å². The van der Waals surface area contributed by atoms with Gasteiger partial charge in [0.1, 0.15) is 0 Å². The Morgan fingerprint density at radius 1 is 1.11 bits per heavy atom. The van der Waals surface area contributed by atoms with Crippen molar-refractivity contribution in [2.24, 2.45) is 0 Å². The van der Waals surface area contributed by atoms with Crippen LogP contribution in [0, 0.1) is 0 Å². The summed E-state index contributed by atoms with van der Waals surface area (Å²) in [6, 6.07) is 5.31. The number of hydrogen-bond donors (Lipinski definition) is 0. The molecule has 0 aromatic heterocycles. The van der Waals surface area contributed by atoms with Gasteiger partial charge in [-0.05, 0) is 30.7 Å². The van der Waals surface area contributed by atoms with Crippen LogP contribution in [0.25, 0.3) is 0 Å². The molecule has 0 radical (unpaired) electrons. The second-order valence-electron chi connectivity index (χ2n) is 4.16. The Hall–Kier alpha value is -0.740. The lowest BCUT2D eigenvalue weighted by molar-refractivity contribution is -0.137. The summed E-state index contributed by atoms with van der Waals surface area (Å²) in [5, 5.41) is 0. The summed E-state index contributed by atoms with van der Waals surface area (Å²) in [6.45, 7) is 4.34. The third-order valence-electron chi connectivity index (χ3n) is 2.63. The average Bonchev–Trinajstić information content (AvgIpc) is 2.29. The lowest BCUT2D eigenvalue weighted by Crippen LogP contribution is -2.26. The maximum atomic E-state index is 12.4. The largest absolute Gasteiger partial charge is 0.416 e. The summed E-state index contributed by atoms with van der Waals surface area (Å²) in [5.74, 6) is 0.528. The van der Waals surface area contributed by atoms with Crippen LogP contribution in [0.2, 0.25) is 0 Å². The van der Waals surface area contributed by atoms with Gasteiger partial charge >= 0.3 is 6.18 Å². The fourth-order valence-electron chi connectivity index (χ4n) is 1.76. The van der Waals surface area contributed by atoms with Crippen LogP contribution in [0.15, 0.2) is 24.3 Å². The normalized spacial score (nSPS) is 12.1. The van der Waals surface area contributed by atoms with E-state index < -0.39 is 11.7 Å². The van der Waals surface area contributed by atoms with Gasteiger partial charge in [-0.25, -0.2) is 0 Å². The van der Waals surface area contributed by atoms with Crippen LogP contribution in [-0.4, -0.2) is 23.9 Å².